The maximum atomic E-state index is 8.03. The van der Waals surface area contributed by atoms with Crippen LogP contribution in [0.4, 0.5) is 0 Å². The van der Waals surface area contributed by atoms with Crippen molar-refractivity contribution in [3.8, 4) is 0 Å². The second-order valence-electron chi connectivity index (χ2n) is 0.679. The van der Waals surface area contributed by atoms with E-state index in [9.17, 15) is 0 Å². The van der Waals surface area contributed by atoms with Crippen LogP contribution in [-0.2, 0) is 0 Å². The van der Waals surface area contributed by atoms with Gasteiger partial charge < -0.3 is 0 Å². The van der Waals surface area contributed by atoms with E-state index >= 15 is 0 Å². The van der Waals surface area contributed by atoms with Gasteiger partial charge in [-0.3, -0.25) is 10.3 Å². The topological polar surface area (TPSA) is 23.5 Å². The van der Waals surface area contributed by atoms with Gasteiger partial charge in [0.15, 0.2) is 0 Å². The van der Waals surface area contributed by atoms with Gasteiger partial charge in [-0.05, 0) is 0 Å². The molecular weight excluding hydrogens is 86.1 g/mol. The van der Waals surface area contributed by atoms with E-state index in [1.165, 1.54) is 7.05 Å². The molecule has 0 saturated heterocycles. The van der Waals surface area contributed by atoms with Crippen molar-refractivity contribution in [1.82, 2.24) is 5.06 Å². The zero-order valence-electron chi connectivity index (χ0n) is 2.88. The minimum absolute atomic E-state index is 0.815. The Kier molecular flexibility index (Phi) is 2.05. The second kappa shape index (κ2) is 2.11. The van der Waals surface area contributed by atoms with Crippen molar-refractivity contribution in [2.45, 2.75) is 0 Å². The summed E-state index contributed by atoms with van der Waals surface area (Å²) in [6.45, 7) is 0. The number of hydrogen-bond donors (Lipinski definition) is 1. The molecule has 30 valence electrons. The van der Waals surface area contributed by atoms with Crippen LogP contribution >= 0.6 is 12.2 Å². The molecule has 0 rings (SSSR count). The molecule has 0 aromatic rings. The predicted octanol–water partition coefficient (Wildman–Crippen LogP) is 0.265. The molecule has 3 heteroatoms. The molecule has 0 fully saturated rings. The number of hydrogen-bond acceptors (Lipinski definition) is 2. The molecule has 0 unspecified atom stereocenters. The molecule has 2 nitrogen and oxygen atoms in total. The van der Waals surface area contributed by atoms with Crippen LogP contribution in [0.3, 0.4) is 0 Å². The van der Waals surface area contributed by atoms with Crippen molar-refractivity contribution in [2.24, 2.45) is 0 Å². The summed E-state index contributed by atoms with van der Waals surface area (Å²) in [5, 5.41) is 8.85. The van der Waals surface area contributed by atoms with E-state index in [1.54, 1.807) is 0 Å². The Hall–Kier alpha value is -0.150. The molecule has 0 aromatic heterocycles. The quantitative estimate of drug-likeness (QED) is 0.370. The average Bonchev–Trinajstić information content (AvgIpc) is 1.38. The van der Waals surface area contributed by atoms with Crippen molar-refractivity contribution in [3.63, 3.8) is 0 Å². The normalized spacial score (nSPS) is 6.80. The molecule has 0 aliphatic carbocycles. The summed E-state index contributed by atoms with van der Waals surface area (Å²) >= 11 is 4.23. The first kappa shape index (κ1) is 4.85. The van der Waals surface area contributed by atoms with Crippen LogP contribution in [-0.4, -0.2) is 22.8 Å². The zero-order chi connectivity index (χ0) is 4.28. The average molecular weight is 91.1 g/mol. The van der Waals surface area contributed by atoms with Crippen molar-refractivity contribution < 1.29 is 5.21 Å². The fourth-order valence-electron chi connectivity index (χ4n) is 0. The molecular formula is C2H5NOS. The van der Waals surface area contributed by atoms with Gasteiger partial charge in [-0.2, -0.15) is 0 Å². The summed E-state index contributed by atoms with van der Waals surface area (Å²) in [5.41, 5.74) is 1.14. The van der Waals surface area contributed by atoms with Crippen molar-refractivity contribution in [2.75, 3.05) is 7.05 Å². The Labute approximate surface area is 36.0 Å². The van der Waals surface area contributed by atoms with E-state index < -0.39 is 0 Å². The molecule has 0 aliphatic rings. The van der Waals surface area contributed by atoms with E-state index in [4.69, 9.17) is 5.21 Å². The van der Waals surface area contributed by atoms with Crippen LogP contribution in [0.25, 0.3) is 0 Å². The van der Waals surface area contributed by atoms with Crippen LogP contribution in [0.5, 0.6) is 0 Å². The molecule has 0 heterocycles. The molecule has 0 amide bonds. The summed E-state index contributed by atoms with van der Waals surface area (Å²) in [6, 6.07) is 0. The highest BCUT2D eigenvalue weighted by Gasteiger charge is 1.66. The Morgan fingerprint density at radius 2 is 2.20 bits per heavy atom. The number of hydroxylamine groups is 2. The SMILES string of the molecule is CN(O)C=S. The minimum Gasteiger partial charge on any atom is -0.288 e. The van der Waals surface area contributed by atoms with Gasteiger partial charge in [-0.1, -0.05) is 12.2 Å². The number of thiocarbonyl (C=S) groups is 1. The molecule has 0 aliphatic heterocycles. The molecule has 0 radical (unpaired) electrons. The van der Waals surface area contributed by atoms with E-state index in [-0.39, 0.29) is 0 Å². The van der Waals surface area contributed by atoms with E-state index in [0.29, 0.717) is 0 Å². The Bertz CT molecular complexity index is 36.6. The monoisotopic (exact) mass is 91.0 g/mol. The van der Waals surface area contributed by atoms with E-state index in [1.807, 2.05) is 0 Å². The highest BCUT2D eigenvalue weighted by Crippen LogP contribution is 1.56. The lowest BCUT2D eigenvalue weighted by molar-refractivity contribution is 0.0227. The fraction of sp³-hybridized carbons (Fsp3) is 0.500. The van der Waals surface area contributed by atoms with Gasteiger partial charge in [0.2, 0.25) is 0 Å². The lowest BCUT2D eigenvalue weighted by Crippen LogP contribution is -2.05. The highest BCUT2D eigenvalue weighted by atomic mass is 32.1. The lowest BCUT2D eigenvalue weighted by atomic mass is 11.2. The van der Waals surface area contributed by atoms with Gasteiger partial charge in [0.1, 0.15) is 0 Å². The Morgan fingerprint density at radius 1 is 2.00 bits per heavy atom. The third kappa shape index (κ3) is 3.85. The third-order valence-corrected chi connectivity index (χ3v) is 0.458. The summed E-state index contributed by atoms with van der Waals surface area (Å²) in [5.74, 6) is 0. The van der Waals surface area contributed by atoms with Crippen molar-refractivity contribution >= 4 is 17.7 Å². The fourth-order valence-corrected chi connectivity index (χ4v) is 0. The van der Waals surface area contributed by atoms with Crippen LogP contribution in [0.15, 0.2) is 0 Å². The number of rotatable bonds is 1. The first-order chi connectivity index (χ1) is 2.27. The standard InChI is InChI=1S/C2H5NOS/c1-3(4)2-5/h2,4H,1H3. The zero-order valence-corrected chi connectivity index (χ0v) is 3.70. The van der Waals surface area contributed by atoms with Crippen LogP contribution in [0.1, 0.15) is 0 Å². The highest BCUT2D eigenvalue weighted by molar-refractivity contribution is 7.78. The molecule has 0 atom stereocenters. The van der Waals surface area contributed by atoms with E-state index in [2.05, 4.69) is 12.2 Å². The molecule has 0 bridgehead atoms. The molecule has 0 saturated carbocycles. The summed E-state index contributed by atoms with van der Waals surface area (Å²) in [4.78, 5) is 0. The van der Waals surface area contributed by atoms with Crippen molar-refractivity contribution in [1.29, 1.82) is 0 Å². The largest absolute Gasteiger partial charge is 0.288 e. The molecule has 5 heavy (non-hydrogen) atoms. The van der Waals surface area contributed by atoms with Crippen LogP contribution in [0.2, 0.25) is 0 Å². The van der Waals surface area contributed by atoms with Crippen LogP contribution in [0, 0.1) is 0 Å². The predicted molar refractivity (Wildman–Crippen MR) is 23.2 cm³/mol. The first-order valence-corrected chi connectivity index (χ1v) is 1.61. The second-order valence-corrected chi connectivity index (χ2v) is 0.890. The number of nitrogens with zero attached hydrogens (tertiary/aromatic N) is 1. The van der Waals surface area contributed by atoms with Gasteiger partial charge in [0.25, 0.3) is 0 Å². The maximum absolute atomic E-state index is 8.03. The summed E-state index contributed by atoms with van der Waals surface area (Å²) < 4.78 is 0. The molecule has 0 aromatic carbocycles. The Morgan fingerprint density at radius 3 is 2.20 bits per heavy atom. The third-order valence-electron chi connectivity index (χ3n) is 0.153. The van der Waals surface area contributed by atoms with Gasteiger partial charge >= 0.3 is 0 Å². The molecule has 1 N–H and O–H groups in total. The Balaban J connectivity index is 2.83. The lowest BCUT2D eigenvalue weighted by Gasteiger charge is -1.94. The van der Waals surface area contributed by atoms with Gasteiger partial charge in [-0.25, -0.2) is 0 Å². The summed E-state index contributed by atoms with van der Waals surface area (Å²) in [7, 11) is 1.45. The van der Waals surface area contributed by atoms with Gasteiger partial charge in [0.05, 0.1) is 5.49 Å². The van der Waals surface area contributed by atoms with E-state index in [0.717, 1.165) is 10.6 Å². The van der Waals surface area contributed by atoms with Crippen molar-refractivity contribution in [3.05, 3.63) is 0 Å². The van der Waals surface area contributed by atoms with Gasteiger partial charge in [0, 0.05) is 7.05 Å². The first-order valence-electron chi connectivity index (χ1n) is 1.14. The summed E-state index contributed by atoms with van der Waals surface area (Å²) in [6.07, 6.45) is 0. The minimum atomic E-state index is 0.815. The maximum Gasteiger partial charge on any atom is 0.0898 e. The van der Waals surface area contributed by atoms with Gasteiger partial charge in [-0.15, -0.1) is 0 Å². The molecule has 0 spiro atoms. The van der Waals surface area contributed by atoms with Crippen LogP contribution < -0.4 is 0 Å². The smallest absolute Gasteiger partial charge is 0.0898 e.